The van der Waals surface area contributed by atoms with Crippen LogP contribution in [0.15, 0.2) is 12.1 Å². The number of hydrogen-bond acceptors (Lipinski definition) is 5. The summed E-state index contributed by atoms with van der Waals surface area (Å²) in [6.07, 6.45) is 0. The Morgan fingerprint density at radius 2 is 2.13 bits per heavy atom. The first-order valence-electron chi connectivity index (χ1n) is 4.04. The van der Waals surface area contributed by atoms with Crippen LogP contribution in [-0.2, 0) is 4.74 Å². The smallest absolute Gasteiger partial charge is 0.339 e. The lowest BCUT2D eigenvalue weighted by Gasteiger charge is -2.07. The average molecular weight is 207 g/mol. The lowest BCUT2D eigenvalue weighted by atomic mass is 10.1. The molecular weight excluding hydrogens is 198 g/mol. The van der Waals surface area contributed by atoms with E-state index in [9.17, 15) is 9.90 Å². The maximum Gasteiger partial charge on any atom is 0.339 e. The topological polar surface area (TPSA) is 79.6 Å². The van der Waals surface area contributed by atoms with E-state index < -0.39 is 5.97 Å². The van der Waals surface area contributed by atoms with E-state index >= 15 is 0 Å². The van der Waals surface area contributed by atoms with Crippen molar-refractivity contribution in [1.82, 2.24) is 0 Å². The molecule has 0 aromatic heterocycles. The van der Waals surface area contributed by atoms with Crippen molar-refractivity contribution in [2.45, 2.75) is 0 Å². The molecular formula is C10H9NO4. The second-order valence-electron chi connectivity index (χ2n) is 2.64. The Morgan fingerprint density at radius 1 is 1.47 bits per heavy atom. The molecule has 0 unspecified atom stereocenters. The van der Waals surface area contributed by atoms with E-state index in [1.165, 1.54) is 26.4 Å². The largest absolute Gasteiger partial charge is 0.503 e. The lowest BCUT2D eigenvalue weighted by molar-refractivity contribution is 0.0600. The monoisotopic (exact) mass is 207 g/mol. The van der Waals surface area contributed by atoms with Gasteiger partial charge in [-0.15, -0.1) is 0 Å². The summed E-state index contributed by atoms with van der Waals surface area (Å²) >= 11 is 0. The van der Waals surface area contributed by atoms with Crippen molar-refractivity contribution >= 4 is 5.97 Å². The van der Waals surface area contributed by atoms with Gasteiger partial charge in [0.05, 0.1) is 19.8 Å². The van der Waals surface area contributed by atoms with E-state index in [0.717, 1.165) is 0 Å². The first-order chi connectivity index (χ1) is 7.15. The fourth-order valence-corrected chi connectivity index (χ4v) is 1.13. The van der Waals surface area contributed by atoms with E-state index in [4.69, 9.17) is 10.00 Å². The van der Waals surface area contributed by atoms with Crippen LogP contribution < -0.4 is 4.74 Å². The van der Waals surface area contributed by atoms with E-state index in [1.807, 2.05) is 0 Å². The Labute approximate surface area is 86.5 Å². The minimum atomic E-state index is -0.676. The number of phenols is 1. The number of nitrogens with zero attached hydrogens (tertiary/aromatic N) is 1. The van der Waals surface area contributed by atoms with Gasteiger partial charge in [0.15, 0.2) is 11.5 Å². The number of methoxy groups -OCH3 is 2. The molecule has 5 heteroatoms. The predicted molar refractivity (Wildman–Crippen MR) is 50.7 cm³/mol. The van der Waals surface area contributed by atoms with Crippen molar-refractivity contribution in [3.63, 3.8) is 0 Å². The van der Waals surface area contributed by atoms with E-state index in [0.29, 0.717) is 0 Å². The highest BCUT2D eigenvalue weighted by Gasteiger charge is 2.18. The number of ether oxygens (including phenoxy) is 2. The first-order valence-corrected chi connectivity index (χ1v) is 4.04. The molecule has 0 bridgehead atoms. The number of rotatable bonds is 2. The van der Waals surface area contributed by atoms with Gasteiger partial charge in [0, 0.05) is 0 Å². The van der Waals surface area contributed by atoms with Gasteiger partial charge in [-0.05, 0) is 12.1 Å². The molecule has 0 radical (unpaired) electrons. The van der Waals surface area contributed by atoms with Crippen molar-refractivity contribution in [3.05, 3.63) is 23.3 Å². The minimum Gasteiger partial charge on any atom is -0.503 e. The van der Waals surface area contributed by atoms with Gasteiger partial charge in [0.1, 0.15) is 11.6 Å². The standard InChI is InChI=1S/C10H9NO4/c1-14-8-4-3-6(10(13)15-2)7(5-11)9(8)12/h3-4,12H,1-2H3. The number of esters is 1. The maximum atomic E-state index is 11.2. The Kier molecular flexibility index (Phi) is 3.13. The molecule has 0 saturated carbocycles. The first kappa shape index (κ1) is 10.9. The molecule has 0 spiro atoms. The zero-order chi connectivity index (χ0) is 11.4. The van der Waals surface area contributed by atoms with Gasteiger partial charge in [0.25, 0.3) is 0 Å². The van der Waals surface area contributed by atoms with Gasteiger partial charge in [-0.25, -0.2) is 4.79 Å². The number of carbonyl (C=O) groups is 1. The van der Waals surface area contributed by atoms with Gasteiger partial charge >= 0.3 is 5.97 Å². The number of phenolic OH excluding ortho intramolecular Hbond substituents is 1. The van der Waals surface area contributed by atoms with Gasteiger partial charge in [-0.2, -0.15) is 5.26 Å². The fourth-order valence-electron chi connectivity index (χ4n) is 1.13. The molecule has 0 heterocycles. The third-order valence-electron chi connectivity index (χ3n) is 1.88. The zero-order valence-electron chi connectivity index (χ0n) is 8.27. The van der Waals surface area contributed by atoms with Crippen LogP contribution in [0.3, 0.4) is 0 Å². The highest BCUT2D eigenvalue weighted by Crippen LogP contribution is 2.31. The second kappa shape index (κ2) is 4.33. The molecule has 0 atom stereocenters. The van der Waals surface area contributed by atoms with Crippen LogP contribution >= 0.6 is 0 Å². The average Bonchev–Trinajstić information content (AvgIpc) is 2.27. The fraction of sp³-hybridized carbons (Fsp3) is 0.200. The molecule has 0 saturated heterocycles. The Morgan fingerprint density at radius 3 is 2.60 bits per heavy atom. The third kappa shape index (κ3) is 1.83. The van der Waals surface area contributed by atoms with Crippen molar-refractivity contribution in [1.29, 1.82) is 5.26 Å². The molecule has 1 rings (SSSR count). The molecule has 78 valence electrons. The summed E-state index contributed by atoms with van der Waals surface area (Å²) in [4.78, 5) is 11.2. The highest BCUT2D eigenvalue weighted by molar-refractivity contribution is 5.93. The van der Waals surface area contributed by atoms with Crippen molar-refractivity contribution < 1.29 is 19.4 Å². The molecule has 0 aliphatic rings. The van der Waals surface area contributed by atoms with Gasteiger partial charge < -0.3 is 14.6 Å². The van der Waals surface area contributed by atoms with Crippen LogP contribution in [0.25, 0.3) is 0 Å². The van der Waals surface area contributed by atoms with E-state index in [1.54, 1.807) is 6.07 Å². The molecule has 0 amide bonds. The summed E-state index contributed by atoms with van der Waals surface area (Å²) in [6.45, 7) is 0. The van der Waals surface area contributed by atoms with E-state index in [2.05, 4.69) is 4.74 Å². The van der Waals surface area contributed by atoms with Crippen LogP contribution in [0.1, 0.15) is 15.9 Å². The SMILES string of the molecule is COC(=O)c1ccc(OC)c(O)c1C#N. The van der Waals surface area contributed by atoms with Crippen LogP contribution in [-0.4, -0.2) is 25.3 Å². The molecule has 15 heavy (non-hydrogen) atoms. The lowest BCUT2D eigenvalue weighted by Crippen LogP contribution is -2.04. The number of nitriles is 1. The van der Waals surface area contributed by atoms with Gasteiger partial charge in [-0.1, -0.05) is 0 Å². The second-order valence-corrected chi connectivity index (χ2v) is 2.64. The third-order valence-corrected chi connectivity index (χ3v) is 1.88. The molecule has 1 N–H and O–H groups in total. The number of hydrogen-bond donors (Lipinski definition) is 1. The van der Waals surface area contributed by atoms with E-state index in [-0.39, 0.29) is 22.6 Å². The molecule has 0 aliphatic carbocycles. The number of carbonyl (C=O) groups excluding carboxylic acids is 1. The van der Waals surface area contributed by atoms with Gasteiger partial charge in [-0.3, -0.25) is 0 Å². The van der Waals surface area contributed by atoms with Gasteiger partial charge in [0.2, 0.25) is 0 Å². The molecule has 5 nitrogen and oxygen atoms in total. The summed E-state index contributed by atoms with van der Waals surface area (Å²) in [6, 6.07) is 4.48. The summed E-state index contributed by atoms with van der Waals surface area (Å²) in [7, 11) is 2.55. The van der Waals surface area contributed by atoms with Crippen LogP contribution in [0.5, 0.6) is 11.5 Å². The summed E-state index contributed by atoms with van der Waals surface area (Å²) in [5, 5.41) is 18.3. The minimum absolute atomic E-state index is 0.0123. The molecule has 0 aliphatic heterocycles. The van der Waals surface area contributed by atoms with Crippen LogP contribution in [0, 0.1) is 11.3 Å². The summed E-state index contributed by atoms with van der Waals surface area (Å²) in [5.74, 6) is -0.897. The maximum absolute atomic E-state index is 11.2. The Balaban J connectivity index is 3.39. The highest BCUT2D eigenvalue weighted by atomic mass is 16.5. The van der Waals surface area contributed by atoms with Crippen molar-refractivity contribution in [2.24, 2.45) is 0 Å². The van der Waals surface area contributed by atoms with Crippen LogP contribution in [0.4, 0.5) is 0 Å². The normalized spacial score (nSPS) is 9.13. The van der Waals surface area contributed by atoms with Crippen molar-refractivity contribution in [2.75, 3.05) is 14.2 Å². The molecule has 0 fully saturated rings. The number of aromatic hydroxyl groups is 1. The molecule has 1 aromatic carbocycles. The van der Waals surface area contributed by atoms with Crippen LogP contribution in [0.2, 0.25) is 0 Å². The molecule has 1 aromatic rings. The number of benzene rings is 1. The predicted octanol–water partition coefficient (Wildman–Crippen LogP) is 1.06. The Hall–Kier alpha value is -2.22. The summed E-state index contributed by atoms with van der Waals surface area (Å²) < 4.78 is 9.27. The Bertz CT molecular complexity index is 434. The zero-order valence-corrected chi connectivity index (χ0v) is 8.27. The summed E-state index contributed by atoms with van der Waals surface area (Å²) in [5.41, 5.74) is -0.139. The van der Waals surface area contributed by atoms with Crippen molar-refractivity contribution in [3.8, 4) is 17.6 Å². The quantitative estimate of drug-likeness (QED) is 0.733.